The molecule has 2 atom stereocenters. The van der Waals surface area contributed by atoms with E-state index in [0.717, 1.165) is 0 Å². The molecule has 0 bridgehead atoms. The first-order valence-corrected chi connectivity index (χ1v) is 8.92. The second kappa shape index (κ2) is 8.35. The number of carbonyl (C=O) groups excluding carboxylic acids is 3. The minimum absolute atomic E-state index is 0.232. The van der Waals surface area contributed by atoms with Crippen molar-refractivity contribution in [2.24, 2.45) is 11.8 Å². The van der Waals surface area contributed by atoms with Crippen LogP contribution in [0, 0.1) is 23.2 Å². The van der Waals surface area contributed by atoms with Crippen molar-refractivity contribution in [3.8, 4) is 6.07 Å². The molecule has 7 nitrogen and oxygen atoms in total. The fourth-order valence-electron chi connectivity index (χ4n) is 2.89. The van der Waals surface area contributed by atoms with Crippen LogP contribution < -0.4 is 10.6 Å². The Morgan fingerprint density at radius 1 is 1.00 bits per heavy atom. The summed E-state index contributed by atoms with van der Waals surface area (Å²) in [7, 11) is 0. The Hall–Kier alpha value is -3.66. The van der Waals surface area contributed by atoms with Crippen molar-refractivity contribution in [2.75, 3.05) is 17.2 Å². The number of hydrogen-bond acceptors (Lipinski definition) is 5. The summed E-state index contributed by atoms with van der Waals surface area (Å²) in [6.07, 6.45) is 0.411. The van der Waals surface area contributed by atoms with E-state index in [4.69, 9.17) is 10.00 Å². The average molecular weight is 377 g/mol. The number of anilines is 2. The van der Waals surface area contributed by atoms with Gasteiger partial charge < -0.3 is 15.4 Å². The second-order valence-electron chi connectivity index (χ2n) is 6.35. The number of ether oxygens (including phenoxy) is 1. The largest absolute Gasteiger partial charge is 0.462 e. The third-order valence-electron chi connectivity index (χ3n) is 4.45. The van der Waals surface area contributed by atoms with Crippen molar-refractivity contribution in [3.05, 3.63) is 59.7 Å². The molecule has 2 N–H and O–H groups in total. The molecule has 1 aliphatic rings. The molecular weight excluding hydrogens is 358 g/mol. The van der Waals surface area contributed by atoms with Gasteiger partial charge >= 0.3 is 5.97 Å². The Kier molecular flexibility index (Phi) is 5.70. The number of nitrogens with zero attached hydrogens (tertiary/aromatic N) is 1. The number of amides is 2. The van der Waals surface area contributed by atoms with E-state index < -0.39 is 17.8 Å². The molecule has 142 valence electrons. The fourth-order valence-corrected chi connectivity index (χ4v) is 2.89. The van der Waals surface area contributed by atoms with Crippen LogP contribution in [0.5, 0.6) is 0 Å². The topological polar surface area (TPSA) is 108 Å². The van der Waals surface area contributed by atoms with Crippen molar-refractivity contribution in [1.82, 2.24) is 0 Å². The Labute approximate surface area is 162 Å². The molecule has 2 aromatic rings. The maximum absolute atomic E-state index is 12.5. The van der Waals surface area contributed by atoms with Crippen molar-refractivity contribution in [2.45, 2.75) is 13.3 Å². The molecule has 0 radical (unpaired) electrons. The van der Waals surface area contributed by atoms with E-state index in [1.54, 1.807) is 55.5 Å². The van der Waals surface area contributed by atoms with Crippen LogP contribution in [0.1, 0.15) is 29.3 Å². The number of carbonyl (C=O) groups is 3. The first kappa shape index (κ1) is 19.1. The van der Waals surface area contributed by atoms with Gasteiger partial charge in [0, 0.05) is 0 Å². The molecule has 2 unspecified atom stereocenters. The molecule has 1 fully saturated rings. The normalized spacial score (nSPS) is 17.1. The van der Waals surface area contributed by atoms with Crippen LogP contribution in [-0.2, 0) is 14.3 Å². The summed E-state index contributed by atoms with van der Waals surface area (Å²) in [5, 5.41) is 14.5. The molecular formula is C21H19N3O4. The van der Waals surface area contributed by atoms with Crippen LogP contribution in [-0.4, -0.2) is 24.4 Å². The van der Waals surface area contributed by atoms with Crippen LogP contribution in [0.3, 0.4) is 0 Å². The zero-order chi connectivity index (χ0) is 20.1. The quantitative estimate of drug-likeness (QED) is 0.753. The summed E-state index contributed by atoms with van der Waals surface area (Å²) >= 11 is 0. The van der Waals surface area contributed by atoms with Crippen LogP contribution in [0.15, 0.2) is 48.5 Å². The summed E-state index contributed by atoms with van der Waals surface area (Å²) in [5.74, 6) is -2.10. The minimum Gasteiger partial charge on any atom is -0.462 e. The highest BCUT2D eigenvalue weighted by molar-refractivity contribution is 6.06. The van der Waals surface area contributed by atoms with E-state index >= 15 is 0 Å². The fraction of sp³-hybridized carbons (Fsp3) is 0.238. The number of esters is 1. The maximum atomic E-state index is 12.5. The Bertz CT molecular complexity index is 964. The average Bonchev–Trinajstić information content (AvgIpc) is 3.50. The molecule has 7 heteroatoms. The zero-order valence-electron chi connectivity index (χ0n) is 15.3. The van der Waals surface area contributed by atoms with E-state index in [2.05, 4.69) is 10.6 Å². The number of nitrogens with one attached hydrogen (secondary N) is 2. The predicted molar refractivity (Wildman–Crippen MR) is 102 cm³/mol. The van der Waals surface area contributed by atoms with Gasteiger partial charge in [0.1, 0.15) is 6.07 Å². The number of hydrogen-bond donors (Lipinski definition) is 2. The van der Waals surface area contributed by atoms with Gasteiger partial charge in [-0.15, -0.1) is 0 Å². The highest BCUT2D eigenvalue weighted by Crippen LogP contribution is 2.40. The van der Waals surface area contributed by atoms with Gasteiger partial charge in [-0.1, -0.05) is 24.3 Å². The van der Waals surface area contributed by atoms with E-state index in [0.29, 0.717) is 23.4 Å². The predicted octanol–water partition coefficient (Wildman–Crippen LogP) is 2.95. The third kappa shape index (κ3) is 4.18. The van der Waals surface area contributed by atoms with Crippen molar-refractivity contribution < 1.29 is 19.1 Å². The summed E-state index contributed by atoms with van der Waals surface area (Å²) in [5.41, 5.74) is 1.41. The van der Waals surface area contributed by atoms with Gasteiger partial charge in [0.25, 0.3) is 0 Å². The zero-order valence-corrected chi connectivity index (χ0v) is 15.3. The molecule has 1 saturated carbocycles. The van der Waals surface area contributed by atoms with Gasteiger partial charge in [-0.2, -0.15) is 5.26 Å². The summed E-state index contributed by atoms with van der Waals surface area (Å²) in [6.45, 7) is 1.94. The molecule has 0 saturated heterocycles. The second-order valence-corrected chi connectivity index (χ2v) is 6.35. The van der Waals surface area contributed by atoms with Crippen molar-refractivity contribution in [3.63, 3.8) is 0 Å². The standard InChI is InChI=1S/C21H19N3O4/c1-2-28-21(27)14-8-4-6-10-18(14)24-20(26)16-11-15(16)19(25)23-17-9-5-3-7-13(17)12-22/h3-10,15-16H,2,11H2,1H3,(H,23,25)(H,24,26). The molecule has 2 aromatic carbocycles. The maximum Gasteiger partial charge on any atom is 0.340 e. The number of para-hydroxylation sites is 2. The molecule has 0 heterocycles. The highest BCUT2D eigenvalue weighted by atomic mass is 16.5. The first-order chi connectivity index (χ1) is 13.5. The monoisotopic (exact) mass is 377 g/mol. The number of nitriles is 1. The molecule has 28 heavy (non-hydrogen) atoms. The highest BCUT2D eigenvalue weighted by Gasteiger charge is 2.48. The Balaban J connectivity index is 1.63. The van der Waals surface area contributed by atoms with Crippen LogP contribution in [0.25, 0.3) is 0 Å². The number of benzene rings is 2. The van der Waals surface area contributed by atoms with E-state index in [1.165, 1.54) is 0 Å². The summed E-state index contributed by atoms with van der Waals surface area (Å²) in [4.78, 5) is 36.9. The number of rotatable bonds is 6. The van der Waals surface area contributed by atoms with Gasteiger partial charge in [-0.3, -0.25) is 9.59 Å². The van der Waals surface area contributed by atoms with E-state index in [9.17, 15) is 14.4 Å². The lowest BCUT2D eigenvalue weighted by Gasteiger charge is -2.10. The van der Waals surface area contributed by atoms with Gasteiger partial charge in [0.2, 0.25) is 11.8 Å². The minimum atomic E-state index is -0.517. The van der Waals surface area contributed by atoms with Crippen molar-refractivity contribution in [1.29, 1.82) is 5.26 Å². The lowest BCUT2D eigenvalue weighted by atomic mass is 10.1. The van der Waals surface area contributed by atoms with Gasteiger partial charge in [-0.25, -0.2) is 4.79 Å². The van der Waals surface area contributed by atoms with Crippen LogP contribution in [0.2, 0.25) is 0 Å². The first-order valence-electron chi connectivity index (χ1n) is 8.92. The lowest BCUT2D eigenvalue weighted by molar-refractivity contribution is -0.122. The van der Waals surface area contributed by atoms with Gasteiger partial charge in [0.15, 0.2) is 0 Å². The molecule has 0 spiro atoms. The Morgan fingerprint density at radius 2 is 1.57 bits per heavy atom. The third-order valence-corrected chi connectivity index (χ3v) is 4.45. The van der Waals surface area contributed by atoms with E-state index in [-0.39, 0.29) is 24.0 Å². The SMILES string of the molecule is CCOC(=O)c1ccccc1NC(=O)C1CC1C(=O)Nc1ccccc1C#N. The summed E-state index contributed by atoms with van der Waals surface area (Å²) in [6, 6.07) is 15.3. The van der Waals surface area contributed by atoms with E-state index in [1.807, 2.05) is 6.07 Å². The molecule has 1 aliphatic carbocycles. The molecule has 2 amide bonds. The Morgan fingerprint density at radius 3 is 2.21 bits per heavy atom. The molecule has 0 aliphatic heterocycles. The summed E-state index contributed by atoms with van der Waals surface area (Å²) < 4.78 is 4.99. The molecule has 3 rings (SSSR count). The smallest absolute Gasteiger partial charge is 0.340 e. The molecule has 0 aromatic heterocycles. The van der Waals surface area contributed by atoms with Crippen LogP contribution in [0.4, 0.5) is 11.4 Å². The van der Waals surface area contributed by atoms with Crippen LogP contribution >= 0.6 is 0 Å². The van der Waals surface area contributed by atoms with Gasteiger partial charge in [-0.05, 0) is 37.6 Å². The lowest BCUT2D eigenvalue weighted by Crippen LogP contribution is -2.22. The van der Waals surface area contributed by atoms with Gasteiger partial charge in [0.05, 0.1) is 40.9 Å². The van der Waals surface area contributed by atoms with Crippen molar-refractivity contribution >= 4 is 29.2 Å².